The van der Waals surface area contributed by atoms with E-state index in [1.807, 2.05) is 0 Å². The van der Waals surface area contributed by atoms with Crippen LogP contribution in [-0.4, -0.2) is 48.4 Å². The Morgan fingerprint density at radius 2 is 2.10 bits per heavy atom. The zero-order valence-corrected chi connectivity index (χ0v) is 11.2. The highest BCUT2D eigenvalue weighted by atomic mass is 16.7. The van der Waals surface area contributed by atoms with Gasteiger partial charge in [0.15, 0.2) is 6.29 Å². The van der Waals surface area contributed by atoms with Gasteiger partial charge < -0.3 is 24.4 Å². The van der Waals surface area contributed by atoms with Crippen LogP contribution in [0.2, 0.25) is 0 Å². The second-order valence-electron chi connectivity index (χ2n) is 4.59. The van der Waals surface area contributed by atoms with Gasteiger partial charge in [-0.05, 0) is 17.7 Å². The Morgan fingerprint density at radius 3 is 2.65 bits per heavy atom. The van der Waals surface area contributed by atoms with Crippen molar-refractivity contribution in [2.45, 2.75) is 31.5 Å². The van der Waals surface area contributed by atoms with Crippen LogP contribution in [0, 0.1) is 0 Å². The number of methoxy groups -OCH3 is 1. The predicted molar refractivity (Wildman–Crippen MR) is 68.9 cm³/mol. The van der Waals surface area contributed by atoms with Gasteiger partial charge in [-0.15, -0.1) is 0 Å². The molecule has 0 bridgehead atoms. The molecule has 0 aliphatic carbocycles. The zero-order chi connectivity index (χ0) is 14.5. The minimum atomic E-state index is -0.702. The number of carbonyl (C=O) groups is 1. The topological polar surface area (TPSA) is 85.2 Å². The van der Waals surface area contributed by atoms with E-state index >= 15 is 0 Å². The monoisotopic (exact) mass is 282 g/mol. The summed E-state index contributed by atoms with van der Waals surface area (Å²) in [6.07, 6.45) is -1.47. The predicted octanol–water partition coefficient (Wildman–Crippen LogP) is 0.458. The molecule has 1 aliphatic heterocycles. The van der Waals surface area contributed by atoms with Crippen LogP contribution in [0.4, 0.5) is 0 Å². The Bertz CT molecular complexity index is 443. The first-order chi connectivity index (χ1) is 9.63. The lowest BCUT2D eigenvalue weighted by Crippen LogP contribution is -2.24. The molecule has 6 nitrogen and oxygen atoms in total. The minimum absolute atomic E-state index is 0.227. The first kappa shape index (κ1) is 14.9. The second-order valence-corrected chi connectivity index (χ2v) is 4.59. The minimum Gasteiger partial charge on any atom is -0.465 e. The average molecular weight is 282 g/mol. The van der Waals surface area contributed by atoms with E-state index in [9.17, 15) is 9.90 Å². The van der Waals surface area contributed by atoms with Gasteiger partial charge in [0, 0.05) is 6.42 Å². The molecule has 0 saturated carbocycles. The van der Waals surface area contributed by atoms with Gasteiger partial charge in [0.25, 0.3) is 0 Å². The number of hydrogen-bond acceptors (Lipinski definition) is 6. The summed E-state index contributed by atoms with van der Waals surface area (Å²) in [4.78, 5) is 11.3. The first-order valence-electron chi connectivity index (χ1n) is 6.37. The van der Waals surface area contributed by atoms with Gasteiger partial charge in [-0.25, -0.2) is 4.79 Å². The van der Waals surface area contributed by atoms with Crippen molar-refractivity contribution in [1.29, 1.82) is 0 Å². The number of aliphatic hydroxyl groups excluding tert-OH is 2. The lowest BCUT2D eigenvalue weighted by atomic mass is 10.1. The van der Waals surface area contributed by atoms with E-state index in [0.717, 1.165) is 5.56 Å². The molecule has 0 amide bonds. The molecule has 0 unspecified atom stereocenters. The second kappa shape index (κ2) is 6.81. The van der Waals surface area contributed by atoms with Crippen LogP contribution in [0.3, 0.4) is 0 Å². The molecule has 3 atom stereocenters. The van der Waals surface area contributed by atoms with Crippen molar-refractivity contribution >= 4 is 5.97 Å². The van der Waals surface area contributed by atoms with Crippen molar-refractivity contribution in [3.8, 4) is 0 Å². The van der Waals surface area contributed by atoms with Crippen LogP contribution in [0.15, 0.2) is 24.3 Å². The molecule has 110 valence electrons. The lowest BCUT2D eigenvalue weighted by Gasteiger charge is -2.13. The summed E-state index contributed by atoms with van der Waals surface area (Å²) < 4.78 is 15.4. The summed E-state index contributed by atoms with van der Waals surface area (Å²) in [7, 11) is 1.33. The highest BCUT2D eigenvalue weighted by Crippen LogP contribution is 2.22. The van der Waals surface area contributed by atoms with Crippen LogP contribution < -0.4 is 0 Å². The maximum atomic E-state index is 11.3. The Morgan fingerprint density at radius 1 is 1.40 bits per heavy atom. The molecule has 1 aromatic carbocycles. The van der Waals surface area contributed by atoms with Crippen molar-refractivity contribution in [1.82, 2.24) is 0 Å². The van der Waals surface area contributed by atoms with Crippen molar-refractivity contribution in [3.63, 3.8) is 0 Å². The highest BCUT2D eigenvalue weighted by molar-refractivity contribution is 5.89. The van der Waals surface area contributed by atoms with Gasteiger partial charge in [-0.3, -0.25) is 0 Å². The molecule has 0 spiro atoms. The third kappa shape index (κ3) is 3.55. The van der Waals surface area contributed by atoms with E-state index < -0.39 is 18.5 Å². The number of rotatable bonds is 5. The summed E-state index contributed by atoms with van der Waals surface area (Å²) in [5, 5.41) is 18.5. The number of hydrogen-bond donors (Lipinski definition) is 2. The van der Waals surface area contributed by atoms with E-state index in [1.165, 1.54) is 7.11 Å². The molecule has 1 fully saturated rings. The van der Waals surface area contributed by atoms with E-state index in [-0.39, 0.29) is 12.6 Å². The number of aliphatic hydroxyl groups is 2. The highest BCUT2D eigenvalue weighted by Gasteiger charge is 2.33. The molecule has 0 radical (unpaired) electrons. The lowest BCUT2D eigenvalue weighted by molar-refractivity contribution is -0.149. The third-order valence-electron chi connectivity index (χ3n) is 3.18. The van der Waals surface area contributed by atoms with Crippen molar-refractivity contribution in [2.24, 2.45) is 0 Å². The fourth-order valence-corrected chi connectivity index (χ4v) is 2.01. The summed E-state index contributed by atoms with van der Waals surface area (Å²) in [6.45, 7) is 0.0752. The SMILES string of the molecule is COC(=O)c1ccc(CO[C@@H]2C[C@H](O)[C@@H](CO)O2)cc1. The fourth-order valence-electron chi connectivity index (χ4n) is 2.01. The zero-order valence-electron chi connectivity index (χ0n) is 11.2. The van der Waals surface area contributed by atoms with E-state index in [1.54, 1.807) is 24.3 Å². The quantitative estimate of drug-likeness (QED) is 0.763. The summed E-state index contributed by atoms with van der Waals surface area (Å²) in [5.74, 6) is -0.384. The number of esters is 1. The molecule has 2 N–H and O–H groups in total. The largest absolute Gasteiger partial charge is 0.465 e. The van der Waals surface area contributed by atoms with E-state index in [2.05, 4.69) is 4.74 Å². The maximum absolute atomic E-state index is 11.3. The molecular weight excluding hydrogens is 264 g/mol. The van der Waals surface area contributed by atoms with Crippen LogP contribution in [0.25, 0.3) is 0 Å². The Labute approximate surface area is 116 Å². The standard InChI is InChI=1S/C14H18O6/c1-18-14(17)10-4-2-9(3-5-10)8-19-13-6-11(16)12(7-15)20-13/h2-5,11-13,15-16H,6-8H2,1H3/t11-,12+,13-/m0/s1. The summed E-state index contributed by atoms with van der Waals surface area (Å²) >= 11 is 0. The number of benzene rings is 1. The van der Waals surface area contributed by atoms with Gasteiger partial charge in [-0.1, -0.05) is 12.1 Å². The van der Waals surface area contributed by atoms with Gasteiger partial charge in [0.2, 0.25) is 0 Å². The van der Waals surface area contributed by atoms with Crippen molar-refractivity contribution < 1.29 is 29.2 Å². The third-order valence-corrected chi connectivity index (χ3v) is 3.18. The molecular formula is C14H18O6. The number of carbonyl (C=O) groups excluding carboxylic acids is 1. The Hall–Kier alpha value is -1.47. The van der Waals surface area contributed by atoms with Gasteiger partial charge >= 0.3 is 5.97 Å². The Balaban J connectivity index is 1.84. The molecule has 1 aromatic rings. The summed E-state index contributed by atoms with van der Waals surface area (Å²) in [5.41, 5.74) is 1.35. The molecule has 1 aliphatic rings. The normalized spacial score (nSPS) is 25.6. The Kier molecular flexibility index (Phi) is 5.08. The maximum Gasteiger partial charge on any atom is 0.337 e. The van der Waals surface area contributed by atoms with Crippen LogP contribution in [0.5, 0.6) is 0 Å². The molecule has 1 saturated heterocycles. The molecule has 1 heterocycles. The van der Waals surface area contributed by atoms with E-state index in [0.29, 0.717) is 18.6 Å². The van der Waals surface area contributed by atoms with Crippen molar-refractivity contribution in [3.05, 3.63) is 35.4 Å². The average Bonchev–Trinajstić information content (AvgIpc) is 2.85. The number of ether oxygens (including phenoxy) is 3. The molecule has 6 heteroatoms. The molecule has 2 rings (SSSR count). The molecule has 20 heavy (non-hydrogen) atoms. The van der Waals surface area contributed by atoms with Crippen LogP contribution in [0.1, 0.15) is 22.3 Å². The van der Waals surface area contributed by atoms with Crippen LogP contribution >= 0.6 is 0 Å². The first-order valence-corrected chi connectivity index (χ1v) is 6.37. The van der Waals surface area contributed by atoms with E-state index in [4.69, 9.17) is 14.6 Å². The van der Waals surface area contributed by atoms with Crippen molar-refractivity contribution in [2.75, 3.05) is 13.7 Å². The summed E-state index contributed by atoms with van der Waals surface area (Å²) in [6, 6.07) is 6.85. The van der Waals surface area contributed by atoms with Gasteiger partial charge in [0.05, 0.1) is 32.0 Å². The molecule has 0 aromatic heterocycles. The smallest absolute Gasteiger partial charge is 0.337 e. The van der Waals surface area contributed by atoms with Crippen LogP contribution in [-0.2, 0) is 20.8 Å². The van der Waals surface area contributed by atoms with Gasteiger partial charge in [-0.2, -0.15) is 0 Å². The van der Waals surface area contributed by atoms with Gasteiger partial charge in [0.1, 0.15) is 6.10 Å². The fraction of sp³-hybridized carbons (Fsp3) is 0.500.